The molecule has 0 aliphatic heterocycles. The second-order valence-electron chi connectivity index (χ2n) is 4.06. The fourth-order valence-electron chi connectivity index (χ4n) is 1.57. The molecule has 0 fully saturated rings. The van der Waals surface area contributed by atoms with Crippen molar-refractivity contribution >= 4 is 34.5 Å². The molecule has 18 heavy (non-hydrogen) atoms. The fraction of sp³-hybridized carbons (Fsp3) is 0.231. The van der Waals surface area contributed by atoms with E-state index in [2.05, 4.69) is 10.3 Å². The molecule has 0 saturated carbocycles. The Morgan fingerprint density at radius 2 is 2.06 bits per heavy atom. The number of hydrogen-bond acceptors (Lipinski definition) is 3. The van der Waals surface area contributed by atoms with Gasteiger partial charge in [-0.05, 0) is 38.5 Å². The van der Waals surface area contributed by atoms with Gasteiger partial charge < -0.3 is 5.32 Å². The van der Waals surface area contributed by atoms with Crippen LogP contribution >= 0.6 is 22.9 Å². The van der Waals surface area contributed by atoms with Gasteiger partial charge in [-0.15, -0.1) is 11.3 Å². The summed E-state index contributed by atoms with van der Waals surface area (Å²) in [4.78, 5) is 17.9. The number of thiophene rings is 1. The first-order valence-electron chi connectivity index (χ1n) is 5.48. The van der Waals surface area contributed by atoms with E-state index in [0.29, 0.717) is 15.6 Å². The Morgan fingerprint density at radius 1 is 1.33 bits per heavy atom. The lowest BCUT2D eigenvalue weighted by Gasteiger charge is -2.09. The molecule has 2 rings (SSSR count). The third-order valence-corrected chi connectivity index (χ3v) is 4.21. The summed E-state index contributed by atoms with van der Waals surface area (Å²) in [6.07, 6.45) is 1.63. The number of nitrogens with one attached hydrogen (secondary N) is 1. The summed E-state index contributed by atoms with van der Waals surface area (Å²) in [5.41, 5.74) is 2.26. The van der Waals surface area contributed by atoms with Gasteiger partial charge in [0.25, 0.3) is 5.91 Å². The molecule has 1 amide bonds. The maximum absolute atomic E-state index is 12.0. The van der Waals surface area contributed by atoms with Crippen LogP contribution in [0.3, 0.4) is 0 Å². The molecule has 2 heterocycles. The van der Waals surface area contributed by atoms with E-state index in [4.69, 9.17) is 11.6 Å². The predicted octanol–water partition coefficient (Wildman–Crippen LogP) is 3.97. The van der Waals surface area contributed by atoms with Crippen LogP contribution in [0.4, 0.5) is 5.69 Å². The zero-order chi connectivity index (χ0) is 13.3. The third-order valence-electron chi connectivity index (χ3n) is 2.65. The van der Waals surface area contributed by atoms with E-state index >= 15 is 0 Å². The van der Waals surface area contributed by atoms with E-state index in [-0.39, 0.29) is 5.91 Å². The van der Waals surface area contributed by atoms with Crippen molar-refractivity contribution in [2.24, 2.45) is 0 Å². The van der Waals surface area contributed by atoms with Crippen molar-refractivity contribution in [1.82, 2.24) is 4.98 Å². The van der Waals surface area contributed by atoms with Crippen LogP contribution in [0.15, 0.2) is 18.3 Å². The number of anilines is 1. The van der Waals surface area contributed by atoms with Crippen LogP contribution in [0.1, 0.15) is 25.8 Å². The zero-order valence-electron chi connectivity index (χ0n) is 10.4. The van der Waals surface area contributed by atoms with Gasteiger partial charge >= 0.3 is 0 Å². The second kappa shape index (κ2) is 5.08. The summed E-state index contributed by atoms with van der Waals surface area (Å²) < 4.78 is 0. The highest BCUT2D eigenvalue weighted by molar-refractivity contribution is 7.14. The van der Waals surface area contributed by atoms with E-state index in [9.17, 15) is 4.79 Å². The number of halogens is 1. The molecule has 1 N–H and O–H groups in total. The molecule has 2 aromatic heterocycles. The lowest BCUT2D eigenvalue weighted by atomic mass is 10.2. The zero-order valence-corrected chi connectivity index (χ0v) is 11.9. The first-order chi connectivity index (χ1) is 8.49. The average Bonchev–Trinajstić information content (AvgIpc) is 2.77. The molecule has 0 aliphatic carbocycles. The van der Waals surface area contributed by atoms with Crippen molar-refractivity contribution in [3.63, 3.8) is 0 Å². The standard InChI is InChI=1S/C13H13ClN2OS/c1-7-4-5-11(18-7)13(17)16-10-6-15-9(3)12(14)8(10)2/h4-6H,1-3H3,(H,16,17). The van der Waals surface area contributed by atoms with Crippen LogP contribution < -0.4 is 5.32 Å². The van der Waals surface area contributed by atoms with Gasteiger partial charge in [-0.3, -0.25) is 9.78 Å². The topological polar surface area (TPSA) is 42.0 Å². The fourth-order valence-corrected chi connectivity index (χ4v) is 2.48. The number of amides is 1. The minimum Gasteiger partial charge on any atom is -0.320 e. The van der Waals surface area contributed by atoms with E-state index in [1.807, 2.05) is 32.9 Å². The average molecular weight is 281 g/mol. The molecule has 94 valence electrons. The number of aromatic nitrogens is 1. The molecular weight excluding hydrogens is 268 g/mol. The first-order valence-corrected chi connectivity index (χ1v) is 6.68. The first kappa shape index (κ1) is 13.1. The molecule has 5 heteroatoms. The Balaban J connectivity index is 2.25. The molecule has 0 aromatic carbocycles. The summed E-state index contributed by atoms with van der Waals surface area (Å²) in [5.74, 6) is -0.127. The number of aryl methyl sites for hydroxylation is 2. The molecule has 0 atom stereocenters. The Bertz CT molecular complexity index is 607. The van der Waals surface area contributed by atoms with E-state index in [1.165, 1.54) is 11.3 Å². The van der Waals surface area contributed by atoms with Gasteiger partial charge in [-0.25, -0.2) is 0 Å². The lowest BCUT2D eigenvalue weighted by molar-refractivity contribution is 0.103. The summed E-state index contributed by atoms with van der Waals surface area (Å²) >= 11 is 7.57. The minimum atomic E-state index is -0.127. The highest BCUT2D eigenvalue weighted by atomic mass is 35.5. The Morgan fingerprint density at radius 3 is 2.67 bits per heavy atom. The number of nitrogens with zero attached hydrogens (tertiary/aromatic N) is 1. The second-order valence-corrected chi connectivity index (χ2v) is 5.73. The van der Waals surface area contributed by atoms with Gasteiger partial charge in [0.2, 0.25) is 0 Å². The summed E-state index contributed by atoms with van der Waals surface area (Å²) in [7, 11) is 0. The van der Waals surface area contributed by atoms with Gasteiger partial charge in [0.1, 0.15) is 0 Å². The molecule has 0 unspecified atom stereocenters. The normalized spacial score (nSPS) is 10.4. The maximum atomic E-state index is 12.0. The van der Waals surface area contributed by atoms with Gasteiger partial charge in [0, 0.05) is 4.88 Å². The molecule has 0 radical (unpaired) electrons. The summed E-state index contributed by atoms with van der Waals surface area (Å²) in [5, 5.41) is 3.43. The van der Waals surface area contributed by atoms with Crippen molar-refractivity contribution in [1.29, 1.82) is 0 Å². The van der Waals surface area contributed by atoms with Crippen molar-refractivity contribution in [3.05, 3.63) is 44.4 Å². The predicted molar refractivity (Wildman–Crippen MR) is 75.7 cm³/mol. The third kappa shape index (κ3) is 2.54. The van der Waals surface area contributed by atoms with Crippen LogP contribution in [0, 0.1) is 20.8 Å². The highest BCUT2D eigenvalue weighted by Gasteiger charge is 2.12. The lowest BCUT2D eigenvalue weighted by Crippen LogP contribution is -2.11. The van der Waals surface area contributed by atoms with E-state index < -0.39 is 0 Å². The van der Waals surface area contributed by atoms with Gasteiger partial charge in [-0.2, -0.15) is 0 Å². The molecule has 0 bridgehead atoms. The van der Waals surface area contributed by atoms with Gasteiger partial charge in [-0.1, -0.05) is 11.6 Å². The molecule has 0 saturated heterocycles. The Kier molecular flexibility index (Phi) is 3.68. The summed E-state index contributed by atoms with van der Waals surface area (Å²) in [6, 6.07) is 3.74. The van der Waals surface area contributed by atoms with Crippen molar-refractivity contribution in [3.8, 4) is 0 Å². The number of hydrogen-bond donors (Lipinski definition) is 1. The van der Waals surface area contributed by atoms with E-state index in [1.54, 1.807) is 6.20 Å². The van der Waals surface area contributed by atoms with Crippen LogP contribution in [0.25, 0.3) is 0 Å². The minimum absolute atomic E-state index is 0.127. The largest absolute Gasteiger partial charge is 0.320 e. The number of carbonyl (C=O) groups excluding carboxylic acids is 1. The molecular formula is C13H13ClN2OS. The smallest absolute Gasteiger partial charge is 0.265 e. The van der Waals surface area contributed by atoms with Crippen molar-refractivity contribution < 1.29 is 4.79 Å². The van der Waals surface area contributed by atoms with Crippen molar-refractivity contribution in [2.45, 2.75) is 20.8 Å². The van der Waals surface area contributed by atoms with Gasteiger partial charge in [0.15, 0.2) is 0 Å². The Hall–Kier alpha value is -1.39. The molecule has 3 nitrogen and oxygen atoms in total. The van der Waals surface area contributed by atoms with Crippen LogP contribution in [0.2, 0.25) is 5.02 Å². The van der Waals surface area contributed by atoms with Crippen LogP contribution in [-0.4, -0.2) is 10.9 Å². The van der Waals surface area contributed by atoms with Gasteiger partial charge in [0.05, 0.1) is 27.5 Å². The molecule has 0 aliphatic rings. The summed E-state index contributed by atoms with van der Waals surface area (Å²) in [6.45, 7) is 5.67. The van der Waals surface area contributed by atoms with Crippen molar-refractivity contribution in [2.75, 3.05) is 5.32 Å². The van der Waals surface area contributed by atoms with Crippen LogP contribution in [0.5, 0.6) is 0 Å². The molecule has 0 spiro atoms. The van der Waals surface area contributed by atoms with E-state index in [0.717, 1.165) is 16.1 Å². The Labute approximate surface area is 115 Å². The quantitative estimate of drug-likeness (QED) is 0.904. The highest BCUT2D eigenvalue weighted by Crippen LogP contribution is 2.26. The SMILES string of the molecule is Cc1ccc(C(=O)Nc2cnc(C)c(Cl)c2C)s1. The molecule has 2 aromatic rings. The number of rotatable bonds is 2. The monoisotopic (exact) mass is 280 g/mol. The number of carbonyl (C=O) groups is 1. The number of pyridine rings is 1. The maximum Gasteiger partial charge on any atom is 0.265 e. The van der Waals surface area contributed by atoms with Crippen LogP contribution in [-0.2, 0) is 0 Å².